The van der Waals surface area contributed by atoms with Gasteiger partial charge in [0.25, 0.3) is 5.91 Å². The maximum absolute atomic E-state index is 11.6. The molecule has 0 saturated carbocycles. The molecule has 1 aromatic heterocycles. The number of hydrogen-bond donors (Lipinski definition) is 1. The van der Waals surface area contributed by atoms with Crippen molar-refractivity contribution in [3.8, 4) is 0 Å². The van der Waals surface area contributed by atoms with Gasteiger partial charge in [-0.25, -0.2) is 0 Å². The molecule has 5 nitrogen and oxygen atoms in total. The van der Waals surface area contributed by atoms with Gasteiger partial charge in [0.2, 0.25) is 5.76 Å². The topological polar surface area (TPSA) is 66.6 Å². The van der Waals surface area contributed by atoms with Gasteiger partial charge in [0.05, 0.1) is 5.69 Å². The van der Waals surface area contributed by atoms with E-state index in [1.807, 2.05) is 0 Å². The Balaban J connectivity index is 1.97. The molecule has 0 aliphatic carbocycles. The van der Waals surface area contributed by atoms with Gasteiger partial charge in [0.1, 0.15) is 0 Å². The van der Waals surface area contributed by atoms with Crippen molar-refractivity contribution in [3.63, 3.8) is 0 Å². The fraction of sp³-hybridized carbons (Fsp3) is 0.556. The maximum atomic E-state index is 11.6. The predicted molar refractivity (Wildman–Crippen MR) is 47.7 cm³/mol. The molecule has 0 aromatic carbocycles. The van der Waals surface area contributed by atoms with E-state index in [-0.39, 0.29) is 24.2 Å². The molecule has 0 unspecified atom stereocenters. The molecule has 1 fully saturated rings. The third-order valence-corrected chi connectivity index (χ3v) is 2.34. The van der Waals surface area contributed by atoms with Crippen LogP contribution >= 0.6 is 0 Å². The second kappa shape index (κ2) is 3.42. The highest BCUT2D eigenvalue weighted by Gasteiger charge is 2.32. The summed E-state index contributed by atoms with van der Waals surface area (Å²) in [6.45, 7) is 3.12. The van der Waals surface area contributed by atoms with Crippen LogP contribution in [-0.2, 0) is 0 Å². The molecule has 2 rings (SSSR count). The van der Waals surface area contributed by atoms with Gasteiger partial charge in [-0.15, -0.1) is 0 Å². The fourth-order valence-electron chi connectivity index (χ4n) is 1.47. The number of likely N-dealkylation sites (tertiary alicyclic amines) is 1. The Kier molecular flexibility index (Phi) is 2.25. The Labute approximate surface area is 81.3 Å². The molecule has 14 heavy (non-hydrogen) atoms. The highest BCUT2D eigenvalue weighted by atomic mass is 16.5. The molecule has 1 aromatic rings. The Morgan fingerprint density at radius 1 is 1.79 bits per heavy atom. The molecule has 0 bridgehead atoms. The normalized spacial score (nSPS) is 16.9. The third kappa shape index (κ3) is 1.50. The van der Waals surface area contributed by atoms with Crippen molar-refractivity contribution in [3.05, 3.63) is 17.5 Å². The van der Waals surface area contributed by atoms with Gasteiger partial charge in [-0.1, -0.05) is 5.16 Å². The van der Waals surface area contributed by atoms with Gasteiger partial charge in [-0.2, -0.15) is 0 Å². The zero-order chi connectivity index (χ0) is 10.1. The molecule has 1 saturated heterocycles. The predicted octanol–water partition coefficient (Wildman–Crippen LogP) is 0.0473. The first-order valence-corrected chi connectivity index (χ1v) is 4.54. The lowest BCUT2D eigenvalue weighted by atomic mass is 10.0. The zero-order valence-electron chi connectivity index (χ0n) is 7.93. The quantitative estimate of drug-likeness (QED) is 0.725. The van der Waals surface area contributed by atoms with Crippen molar-refractivity contribution < 1.29 is 14.4 Å². The standard InChI is InChI=1S/C9H12N2O3/c1-6-2-8(14-10-6)9(13)11-3-7(4-11)5-12/h2,7,12H,3-5H2,1H3. The van der Waals surface area contributed by atoms with Crippen LogP contribution in [0.5, 0.6) is 0 Å². The minimum atomic E-state index is -0.143. The van der Waals surface area contributed by atoms with Crippen LogP contribution in [0.3, 0.4) is 0 Å². The number of aliphatic hydroxyl groups is 1. The van der Waals surface area contributed by atoms with E-state index >= 15 is 0 Å². The molecule has 2 heterocycles. The van der Waals surface area contributed by atoms with Crippen LogP contribution in [-0.4, -0.2) is 40.8 Å². The van der Waals surface area contributed by atoms with Crippen molar-refractivity contribution in [2.24, 2.45) is 5.92 Å². The van der Waals surface area contributed by atoms with Crippen molar-refractivity contribution >= 4 is 5.91 Å². The highest BCUT2D eigenvalue weighted by Crippen LogP contribution is 2.18. The van der Waals surface area contributed by atoms with Crippen molar-refractivity contribution in [1.29, 1.82) is 0 Å². The Hall–Kier alpha value is -1.36. The molecule has 1 aliphatic heterocycles. The van der Waals surface area contributed by atoms with Crippen LogP contribution in [0.4, 0.5) is 0 Å². The number of aryl methyl sites for hydroxylation is 1. The van der Waals surface area contributed by atoms with Gasteiger partial charge in [0, 0.05) is 31.7 Å². The third-order valence-electron chi connectivity index (χ3n) is 2.34. The summed E-state index contributed by atoms with van der Waals surface area (Å²) in [6, 6.07) is 1.62. The molecular formula is C9H12N2O3. The zero-order valence-corrected chi connectivity index (χ0v) is 7.93. The van der Waals surface area contributed by atoms with Crippen LogP contribution in [0.2, 0.25) is 0 Å². The van der Waals surface area contributed by atoms with Gasteiger partial charge in [-0.3, -0.25) is 4.79 Å². The number of amides is 1. The number of carbonyl (C=O) groups excluding carboxylic acids is 1. The molecule has 76 valence electrons. The first-order valence-electron chi connectivity index (χ1n) is 4.54. The molecule has 0 radical (unpaired) electrons. The average Bonchev–Trinajstić information content (AvgIpc) is 2.49. The van der Waals surface area contributed by atoms with E-state index in [1.54, 1.807) is 17.9 Å². The highest BCUT2D eigenvalue weighted by molar-refractivity contribution is 5.92. The van der Waals surface area contributed by atoms with Crippen molar-refractivity contribution in [2.45, 2.75) is 6.92 Å². The summed E-state index contributed by atoms with van der Waals surface area (Å²) in [7, 11) is 0. The lowest BCUT2D eigenvalue weighted by Gasteiger charge is -2.37. The summed E-state index contributed by atoms with van der Waals surface area (Å²) in [4.78, 5) is 13.3. The Morgan fingerprint density at radius 2 is 2.50 bits per heavy atom. The fourth-order valence-corrected chi connectivity index (χ4v) is 1.47. The first kappa shape index (κ1) is 9.21. The lowest BCUT2D eigenvalue weighted by molar-refractivity contribution is 0.0326. The van der Waals surface area contributed by atoms with Gasteiger partial charge in [0.15, 0.2) is 0 Å². The van der Waals surface area contributed by atoms with Crippen LogP contribution in [0.1, 0.15) is 16.2 Å². The smallest absolute Gasteiger partial charge is 0.292 e. The van der Waals surface area contributed by atoms with Gasteiger partial charge >= 0.3 is 0 Å². The van der Waals surface area contributed by atoms with Gasteiger partial charge in [-0.05, 0) is 6.92 Å². The molecule has 0 spiro atoms. The summed E-state index contributed by atoms with van der Waals surface area (Å²) in [5.74, 6) is 0.358. The Bertz CT molecular complexity index is 342. The van der Waals surface area contributed by atoms with Crippen LogP contribution in [0.25, 0.3) is 0 Å². The van der Waals surface area contributed by atoms with Crippen LogP contribution in [0.15, 0.2) is 10.6 Å². The number of hydrogen-bond acceptors (Lipinski definition) is 4. The maximum Gasteiger partial charge on any atom is 0.292 e. The van der Waals surface area contributed by atoms with E-state index in [1.165, 1.54) is 0 Å². The average molecular weight is 196 g/mol. The summed E-state index contributed by atoms with van der Waals surface area (Å²) in [5.41, 5.74) is 0.701. The monoisotopic (exact) mass is 196 g/mol. The first-order chi connectivity index (χ1) is 6.70. The second-order valence-corrected chi connectivity index (χ2v) is 3.59. The summed E-state index contributed by atoms with van der Waals surface area (Å²) >= 11 is 0. The van der Waals surface area contributed by atoms with E-state index in [0.717, 1.165) is 0 Å². The molecule has 5 heteroatoms. The van der Waals surface area contributed by atoms with E-state index in [0.29, 0.717) is 18.8 Å². The van der Waals surface area contributed by atoms with E-state index in [9.17, 15) is 4.79 Å². The van der Waals surface area contributed by atoms with Gasteiger partial charge < -0.3 is 14.5 Å². The number of nitrogens with zero attached hydrogens (tertiary/aromatic N) is 2. The number of aromatic nitrogens is 1. The largest absolute Gasteiger partial charge is 0.396 e. The molecule has 1 amide bonds. The molecular weight excluding hydrogens is 184 g/mol. The molecule has 1 N–H and O–H groups in total. The summed E-state index contributed by atoms with van der Waals surface area (Å²) in [6.07, 6.45) is 0. The number of aliphatic hydroxyl groups excluding tert-OH is 1. The molecule has 0 atom stereocenters. The van der Waals surface area contributed by atoms with Crippen LogP contribution < -0.4 is 0 Å². The number of carbonyl (C=O) groups is 1. The Morgan fingerprint density at radius 3 is 3.00 bits per heavy atom. The second-order valence-electron chi connectivity index (χ2n) is 3.59. The summed E-state index contributed by atoms with van der Waals surface area (Å²) in [5, 5.41) is 12.4. The minimum Gasteiger partial charge on any atom is -0.396 e. The van der Waals surface area contributed by atoms with E-state index < -0.39 is 0 Å². The number of rotatable bonds is 2. The SMILES string of the molecule is Cc1cc(C(=O)N2CC(CO)C2)on1. The van der Waals surface area contributed by atoms with E-state index in [4.69, 9.17) is 9.63 Å². The van der Waals surface area contributed by atoms with Crippen LogP contribution in [0, 0.1) is 12.8 Å². The van der Waals surface area contributed by atoms with Crippen molar-refractivity contribution in [1.82, 2.24) is 10.1 Å². The lowest BCUT2D eigenvalue weighted by Crippen LogP contribution is -2.51. The van der Waals surface area contributed by atoms with Crippen molar-refractivity contribution in [2.75, 3.05) is 19.7 Å². The minimum absolute atomic E-state index is 0.138. The molecule has 1 aliphatic rings. The summed E-state index contributed by atoms with van der Waals surface area (Å²) < 4.78 is 4.85. The van der Waals surface area contributed by atoms with E-state index in [2.05, 4.69) is 5.16 Å².